The Kier molecular flexibility index (Phi) is 2.66. The maximum absolute atomic E-state index is 6.30. The van der Waals surface area contributed by atoms with Crippen LogP contribution in [0, 0.1) is 0 Å². The molecule has 0 bridgehead atoms. The van der Waals surface area contributed by atoms with E-state index in [1.54, 1.807) is 0 Å². The molecule has 2 aromatic rings. The van der Waals surface area contributed by atoms with Crippen molar-refractivity contribution in [1.82, 2.24) is 5.43 Å². The van der Waals surface area contributed by atoms with Gasteiger partial charge in [0.1, 0.15) is 0 Å². The Morgan fingerprint density at radius 1 is 1.16 bits per heavy atom. The quantitative estimate of drug-likeness (QED) is 0.736. The SMILES string of the molecule is NC1=NC(N)(c2cc3ccccc3cc2Cl)C=NN1. The largest absolute Gasteiger partial charge is 0.368 e. The first-order valence-corrected chi connectivity index (χ1v) is 6.09. The van der Waals surface area contributed by atoms with Crippen molar-refractivity contribution in [2.75, 3.05) is 0 Å². The van der Waals surface area contributed by atoms with E-state index in [1.807, 2.05) is 36.4 Å². The highest BCUT2D eigenvalue weighted by Gasteiger charge is 2.30. The van der Waals surface area contributed by atoms with Crippen molar-refractivity contribution in [3.63, 3.8) is 0 Å². The van der Waals surface area contributed by atoms with Crippen LogP contribution >= 0.6 is 11.6 Å². The number of rotatable bonds is 1. The average molecular weight is 274 g/mol. The van der Waals surface area contributed by atoms with Crippen LogP contribution in [0.5, 0.6) is 0 Å². The Hall–Kier alpha value is -2.11. The molecule has 0 saturated heterocycles. The molecule has 3 rings (SSSR count). The van der Waals surface area contributed by atoms with Crippen molar-refractivity contribution in [2.24, 2.45) is 21.6 Å². The summed E-state index contributed by atoms with van der Waals surface area (Å²) in [6, 6.07) is 11.7. The van der Waals surface area contributed by atoms with Gasteiger partial charge < -0.3 is 5.73 Å². The van der Waals surface area contributed by atoms with Gasteiger partial charge in [0.25, 0.3) is 0 Å². The summed E-state index contributed by atoms with van der Waals surface area (Å²) in [6.45, 7) is 0. The first-order chi connectivity index (χ1) is 9.08. The van der Waals surface area contributed by atoms with Gasteiger partial charge in [0, 0.05) is 10.6 Å². The van der Waals surface area contributed by atoms with E-state index in [2.05, 4.69) is 15.5 Å². The maximum atomic E-state index is 6.30. The minimum Gasteiger partial charge on any atom is -0.368 e. The van der Waals surface area contributed by atoms with Crippen molar-refractivity contribution in [1.29, 1.82) is 0 Å². The monoisotopic (exact) mass is 273 g/mol. The van der Waals surface area contributed by atoms with Gasteiger partial charge in [-0.25, -0.2) is 10.4 Å². The number of hydrogen-bond acceptors (Lipinski definition) is 5. The highest BCUT2D eigenvalue weighted by Crippen LogP contribution is 2.31. The van der Waals surface area contributed by atoms with Crippen molar-refractivity contribution in [3.8, 4) is 0 Å². The van der Waals surface area contributed by atoms with Crippen LogP contribution in [0.25, 0.3) is 10.8 Å². The molecular weight excluding hydrogens is 262 g/mol. The second-order valence-electron chi connectivity index (χ2n) is 4.37. The highest BCUT2D eigenvalue weighted by atomic mass is 35.5. The Bertz CT molecular complexity index is 709. The van der Waals surface area contributed by atoms with Gasteiger partial charge in [0.15, 0.2) is 5.66 Å². The van der Waals surface area contributed by atoms with Gasteiger partial charge >= 0.3 is 0 Å². The Morgan fingerprint density at radius 2 is 1.84 bits per heavy atom. The number of halogens is 1. The van der Waals surface area contributed by atoms with E-state index in [1.165, 1.54) is 6.21 Å². The molecule has 0 saturated carbocycles. The molecule has 1 aliphatic rings. The third-order valence-electron chi connectivity index (χ3n) is 3.01. The molecule has 1 unspecified atom stereocenters. The molecule has 2 aromatic carbocycles. The van der Waals surface area contributed by atoms with Crippen LogP contribution in [0.3, 0.4) is 0 Å². The molecule has 1 heterocycles. The van der Waals surface area contributed by atoms with Gasteiger partial charge in [-0.05, 0) is 22.9 Å². The molecule has 5 N–H and O–H groups in total. The molecule has 6 heteroatoms. The van der Waals surface area contributed by atoms with E-state index in [0.29, 0.717) is 10.6 Å². The number of hydrogen-bond donors (Lipinski definition) is 3. The van der Waals surface area contributed by atoms with Gasteiger partial charge in [-0.2, -0.15) is 5.10 Å². The fourth-order valence-electron chi connectivity index (χ4n) is 2.10. The summed E-state index contributed by atoms with van der Waals surface area (Å²) >= 11 is 6.30. The fourth-order valence-corrected chi connectivity index (χ4v) is 2.42. The first-order valence-electron chi connectivity index (χ1n) is 5.72. The molecule has 0 radical (unpaired) electrons. The van der Waals surface area contributed by atoms with Gasteiger partial charge in [-0.15, -0.1) is 0 Å². The number of nitrogens with two attached hydrogens (primary N) is 2. The Morgan fingerprint density at radius 3 is 2.53 bits per heavy atom. The maximum Gasteiger partial charge on any atom is 0.212 e. The van der Waals surface area contributed by atoms with Crippen molar-refractivity contribution in [2.45, 2.75) is 5.66 Å². The van der Waals surface area contributed by atoms with E-state index >= 15 is 0 Å². The number of hydrazone groups is 1. The smallest absolute Gasteiger partial charge is 0.212 e. The molecule has 19 heavy (non-hydrogen) atoms. The Labute approximate surface area is 114 Å². The summed E-state index contributed by atoms with van der Waals surface area (Å²) < 4.78 is 0. The molecule has 0 aliphatic carbocycles. The number of aliphatic imine (C=N–C) groups is 1. The molecule has 1 atom stereocenters. The number of guanidine groups is 1. The summed E-state index contributed by atoms with van der Waals surface area (Å²) in [5.74, 6) is 0.161. The normalized spacial score (nSPS) is 22.1. The number of nitrogens with zero attached hydrogens (tertiary/aromatic N) is 2. The minimum atomic E-state index is -1.14. The zero-order valence-electron chi connectivity index (χ0n) is 9.97. The molecule has 0 aromatic heterocycles. The fraction of sp³-hybridized carbons (Fsp3) is 0.0769. The second-order valence-corrected chi connectivity index (χ2v) is 4.78. The molecule has 1 aliphatic heterocycles. The third kappa shape index (κ3) is 2.03. The van der Waals surface area contributed by atoms with Gasteiger partial charge in [0.2, 0.25) is 5.96 Å². The summed E-state index contributed by atoms with van der Waals surface area (Å²) in [4.78, 5) is 4.18. The van der Waals surface area contributed by atoms with Gasteiger partial charge in [-0.1, -0.05) is 35.9 Å². The van der Waals surface area contributed by atoms with Crippen LogP contribution in [0.2, 0.25) is 5.02 Å². The van der Waals surface area contributed by atoms with E-state index in [9.17, 15) is 0 Å². The van der Waals surface area contributed by atoms with Crippen molar-refractivity contribution >= 4 is 34.5 Å². The lowest BCUT2D eigenvalue weighted by atomic mass is 9.98. The lowest BCUT2D eigenvalue weighted by Crippen LogP contribution is -2.45. The molecular formula is C13H12ClN5. The third-order valence-corrected chi connectivity index (χ3v) is 3.33. The molecule has 96 valence electrons. The zero-order chi connectivity index (χ0) is 13.5. The average Bonchev–Trinajstić information content (AvgIpc) is 2.37. The lowest BCUT2D eigenvalue weighted by Gasteiger charge is -2.25. The van der Waals surface area contributed by atoms with E-state index in [4.69, 9.17) is 23.1 Å². The Balaban J connectivity index is 2.22. The van der Waals surface area contributed by atoms with Crippen LogP contribution < -0.4 is 16.9 Å². The predicted molar refractivity (Wildman–Crippen MR) is 78.1 cm³/mol. The van der Waals surface area contributed by atoms with Crippen LogP contribution in [0.4, 0.5) is 0 Å². The van der Waals surface area contributed by atoms with Crippen LogP contribution in [-0.4, -0.2) is 12.2 Å². The second kappa shape index (κ2) is 4.22. The van der Waals surface area contributed by atoms with E-state index in [-0.39, 0.29) is 5.96 Å². The van der Waals surface area contributed by atoms with E-state index < -0.39 is 5.66 Å². The van der Waals surface area contributed by atoms with E-state index in [0.717, 1.165) is 10.8 Å². The molecule has 0 spiro atoms. The lowest BCUT2D eigenvalue weighted by molar-refractivity contribution is 0.630. The van der Waals surface area contributed by atoms with Crippen molar-refractivity contribution in [3.05, 3.63) is 47.0 Å². The number of nitrogens with one attached hydrogen (secondary N) is 1. The van der Waals surface area contributed by atoms with Crippen LogP contribution in [0.15, 0.2) is 46.5 Å². The van der Waals surface area contributed by atoms with Gasteiger partial charge in [0.05, 0.1) is 6.21 Å². The summed E-state index contributed by atoms with van der Waals surface area (Å²) in [5.41, 5.74) is 13.9. The van der Waals surface area contributed by atoms with Crippen LogP contribution in [-0.2, 0) is 5.66 Å². The zero-order valence-corrected chi connectivity index (χ0v) is 10.7. The van der Waals surface area contributed by atoms with Gasteiger partial charge in [-0.3, -0.25) is 5.73 Å². The van der Waals surface area contributed by atoms with Crippen LogP contribution in [0.1, 0.15) is 5.56 Å². The molecule has 0 amide bonds. The molecule has 0 fully saturated rings. The van der Waals surface area contributed by atoms with Crippen molar-refractivity contribution < 1.29 is 0 Å². The molecule has 5 nitrogen and oxygen atoms in total. The number of benzene rings is 2. The number of fused-ring (bicyclic) bond motifs is 1. The summed E-state index contributed by atoms with van der Waals surface area (Å²) in [6.07, 6.45) is 1.49. The topological polar surface area (TPSA) is 88.8 Å². The highest BCUT2D eigenvalue weighted by molar-refractivity contribution is 6.32. The summed E-state index contributed by atoms with van der Waals surface area (Å²) in [7, 11) is 0. The standard InChI is InChI=1S/C13H12ClN5/c14-11-6-9-4-2-1-3-8(9)5-10(11)13(16)7-17-19-12(15)18-13/h1-7H,16H2,(H3,15,18,19). The summed E-state index contributed by atoms with van der Waals surface area (Å²) in [5, 5.41) is 6.51. The minimum absolute atomic E-state index is 0.161. The first kappa shape index (κ1) is 12.0. The predicted octanol–water partition coefficient (Wildman–Crippen LogP) is 1.51.